The fourth-order valence-electron chi connectivity index (χ4n) is 6.33. The molecule has 4 rings (SSSR count). The van der Waals surface area contributed by atoms with Gasteiger partial charge in [0.2, 0.25) is 11.8 Å². The summed E-state index contributed by atoms with van der Waals surface area (Å²) in [5, 5.41) is 0. The summed E-state index contributed by atoms with van der Waals surface area (Å²) < 4.78 is 2.11. The van der Waals surface area contributed by atoms with Crippen LogP contribution >= 0.6 is 0 Å². The predicted octanol–water partition coefficient (Wildman–Crippen LogP) is 5.76. The van der Waals surface area contributed by atoms with Crippen LogP contribution < -0.4 is 4.90 Å². The van der Waals surface area contributed by atoms with Gasteiger partial charge in [0.25, 0.3) is 0 Å². The summed E-state index contributed by atoms with van der Waals surface area (Å²) in [4.78, 5) is 38.8. The zero-order chi connectivity index (χ0) is 27.9. The number of carbonyl (C=O) groups is 2. The largest absolute Gasteiger partial charge is 0.337 e. The summed E-state index contributed by atoms with van der Waals surface area (Å²) in [5.74, 6) is 1.87. The number of hydrogen-bond donors (Lipinski definition) is 0. The second-order valence-corrected chi connectivity index (χ2v) is 12.1. The smallest absolute Gasteiger partial charge is 0.230 e. The number of aromatic nitrogens is 2. The van der Waals surface area contributed by atoms with E-state index in [1.165, 1.54) is 6.42 Å². The lowest BCUT2D eigenvalue weighted by atomic mass is 9.87. The van der Waals surface area contributed by atoms with Gasteiger partial charge in [-0.2, -0.15) is 0 Å². The summed E-state index contributed by atoms with van der Waals surface area (Å²) in [6.07, 6.45) is 10.7. The van der Waals surface area contributed by atoms with Crippen LogP contribution in [0.2, 0.25) is 0 Å². The standard InChI is InChI=1S/C32H49N5O2/c1-24(2)31-33-16-20-35(31)19-15-29(38)36-22-21-34(25(3)4)17-10-18-37(32(39)27-12-7-6-8-13-27)30-26(5)11-9-14-28(30)23-36/h9,11,14,16,20,24-25,27H,6-8,10,12-13,15,17-19,21-23H2,1-5H3. The van der Waals surface area contributed by atoms with Gasteiger partial charge in [0.15, 0.2) is 0 Å². The lowest BCUT2D eigenvalue weighted by Crippen LogP contribution is -2.42. The molecule has 0 atom stereocenters. The maximum absolute atomic E-state index is 14.0. The van der Waals surface area contributed by atoms with Gasteiger partial charge in [-0.25, -0.2) is 4.98 Å². The molecule has 2 amide bonds. The molecule has 0 saturated heterocycles. The number of fused-ring (bicyclic) bond motifs is 1. The first-order valence-electron chi connectivity index (χ1n) is 15.2. The topological polar surface area (TPSA) is 61.7 Å². The van der Waals surface area contributed by atoms with Crippen molar-refractivity contribution in [2.24, 2.45) is 5.92 Å². The molecule has 214 valence electrons. The summed E-state index contributed by atoms with van der Waals surface area (Å²) >= 11 is 0. The van der Waals surface area contributed by atoms with Gasteiger partial charge in [-0.1, -0.05) is 51.3 Å². The molecular weight excluding hydrogens is 486 g/mol. The minimum atomic E-state index is 0.112. The molecule has 0 N–H and O–H groups in total. The van der Waals surface area contributed by atoms with E-state index in [1.54, 1.807) is 0 Å². The van der Waals surface area contributed by atoms with Crippen molar-refractivity contribution in [2.75, 3.05) is 31.1 Å². The number of para-hydroxylation sites is 1. The SMILES string of the molecule is Cc1cccc2c1N(C(=O)C1CCCCC1)CCCN(C(C)C)CCN(C(=O)CCn1ccnc1C(C)C)C2. The third-order valence-electron chi connectivity index (χ3n) is 8.57. The molecule has 1 saturated carbocycles. The van der Waals surface area contributed by atoms with Gasteiger partial charge in [0, 0.05) is 76.0 Å². The lowest BCUT2D eigenvalue weighted by molar-refractivity contribution is -0.132. The number of nitrogens with zero attached hydrogens (tertiary/aromatic N) is 5. The zero-order valence-corrected chi connectivity index (χ0v) is 24.9. The molecule has 0 unspecified atom stereocenters. The highest BCUT2D eigenvalue weighted by Gasteiger charge is 2.30. The number of anilines is 1. The Morgan fingerprint density at radius 1 is 0.974 bits per heavy atom. The summed E-state index contributed by atoms with van der Waals surface area (Å²) in [6.45, 7) is 15.1. The van der Waals surface area contributed by atoms with E-state index in [0.717, 1.165) is 74.4 Å². The van der Waals surface area contributed by atoms with Crippen LogP contribution in [0.5, 0.6) is 0 Å². The van der Waals surface area contributed by atoms with E-state index in [0.29, 0.717) is 38.0 Å². The molecule has 7 nitrogen and oxygen atoms in total. The summed E-state index contributed by atoms with van der Waals surface area (Å²) in [7, 11) is 0. The highest BCUT2D eigenvalue weighted by Crippen LogP contribution is 2.32. The molecule has 0 bridgehead atoms. The first kappa shape index (κ1) is 29.3. The highest BCUT2D eigenvalue weighted by atomic mass is 16.2. The second-order valence-electron chi connectivity index (χ2n) is 12.1. The average molecular weight is 536 g/mol. The lowest BCUT2D eigenvalue weighted by Gasteiger charge is -2.33. The number of amides is 2. The number of rotatable bonds is 6. The van der Waals surface area contributed by atoms with Gasteiger partial charge in [-0.05, 0) is 51.2 Å². The van der Waals surface area contributed by atoms with Crippen molar-refractivity contribution in [1.29, 1.82) is 0 Å². The van der Waals surface area contributed by atoms with Crippen LogP contribution in [-0.2, 0) is 22.7 Å². The average Bonchev–Trinajstić information content (AvgIpc) is 3.39. The van der Waals surface area contributed by atoms with E-state index >= 15 is 0 Å². The van der Waals surface area contributed by atoms with Gasteiger partial charge in [0.05, 0.1) is 5.69 Å². The molecule has 1 aliphatic heterocycles. The Kier molecular flexibility index (Phi) is 10.2. The maximum atomic E-state index is 14.0. The molecule has 1 aliphatic carbocycles. The molecular formula is C32H49N5O2. The van der Waals surface area contributed by atoms with Gasteiger partial charge in [-0.15, -0.1) is 0 Å². The molecule has 0 spiro atoms. The van der Waals surface area contributed by atoms with E-state index in [1.807, 2.05) is 17.3 Å². The van der Waals surface area contributed by atoms with Crippen LogP contribution in [0.1, 0.15) is 95.5 Å². The van der Waals surface area contributed by atoms with Crippen LogP contribution in [0.3, 0.4) is 0 Å². The Morgan fingerprint density at radius 3 is 2.46 bits per heavy atom. The maximum Gasteiger partial charge on any atom is 0.230 e. The van der Waals surface area contributed by atoms with Crippen LogP contribution in [0.25, 0.3) is 0 Å². The fourth-order valence-corrected chi connectivity index (χ4v) is 6.33. The summed E-state index contributed by atoms with van der Waals surface area (Å²) in [6, 6.07) is 6.68. The number of carbonyl (C=O) groups excluding carboxylic acids is 2. The van der Waals surface area contributed by atoms with E-state index < -0.39 is 0 Å². The van der Waals surface area contributed by atoms with E-state index in [-0.39, 0.29) is 17.7 Å². The van der Waals surface area contributed by atoms with Crippen LogP contribution in [0.15, 0.2) is 30.6 Å². The highest BCUT2D eigenvalue weighted by molar-refractivity contribution is 5.96. The first-order valence-corrected chi connectivity index (χ1v) is 15.2. The van der Waals surface area contributed by atoms with E-state index in [9.17, 15) is 9.59 Å². The van der Waals surface area contributed by atoms with Crippen LogP contribution in [0.4, 0.5) is 5.69 Å². The zero-order valence-electron chi connectivity index (χ0n) is 24.9. The summed E-state index contributed by atoms with van der Waals surface area (Å²) in [5.41, 5.74) is 3.22. The van der Waals surface area contributed by atoms with Crippen LogP contribution in [0, 0.1) is 12.8 Å². The fraction of sp³-hybridized carbons (Fsp3) is 0.656. The number of imidazole rings is 1. The first-order chi connectivity index (χ1) is 18.8. The van der Waals surface area contributed by atoms with Gasteiger partial charge in [-0.3, -0.25) is 14.5 Å². The predicted molar refractivity (Wildman–Crippen MR) is 158 cm³/mol. The Bertz CT molecular complexity index is 1100. The third kappa shape index (κ3) is 7.30. The van der Waals surface area contributed by atoms with Crippen molar-refractivity contribution in [3.8, 4) is 0 Å². The molecule has 2 heterocycles. The molecule has 2 aromatic rings. The Labute approximate surface area is 235 Å². The molecule has 39 heavy (non-hydrogen) atoms. The second kappa shape index (κ2) is 13.6. The number of hydrogen-bond acceptors (Lipinski definition) is 4. The minimum Gasteiger partial charge on any atom is -0.337 e. The van der Waals surface area contributed by atoms with Crippen molar-refractivity contribution < 1.29 is 9.59 Å². The van der Waals surface area contributed by atoms with Crippen molar-refractivity contribution in [3.63, 3.8) is 0 Å². The van der Waals surface area contributed by atoms with Crippen LogP contribution in [-0.4, -0.2) is 63.4 Å². The Hall–Kier alpha value is -2.67. The monoisotopic (exact) mass is 535 g/mol. The molecule has 1 aromatic heterocycles. The van der Waals surface area contributed by atoms with Gasteiger partial charge >= 0.3 is 0 Å². The van der Waals surface area contributed by atoms with Crippen molar-refractivity contribution in [2.45, 2.75) is 105 Å². The Balaban J connectivity index is 1.63. The Morgan fingerprint density at radius 2 is 1.74 bits per heavy atom. The number of benzene rings is 1. The molecule has 1 aromatic carbocycles. The van der Waals surface area contributed by atoms with Gasteiger partial charge < -0.3 is 14.4 Å². The normalized spacial score (nSPS) is 18.3. The number of aryl methyl sites for hydroxylation is 2. The molecule has 1 fully saturated rings. The van der Waals surface area contributed by atoms with Crippen molar-refractivity contribution in [1.82, 2.24) is 19.4 Å². The van der Waals surface area contributed by atoms with Gasteiger partial charge in [0.1, 0.15) is 5.82 Å². The molecule has 7 heteroatoms. The van der Waals surface area contributed by atoms with Crippen molar-refractivity contribution in [3.05, 3.63) is 47.5 Å². The van der Waals surface area contributed by atoms with Crippen molar-refractivity contribution >= 4 is 17.5 Å². The van der Waals surface area contributed by atoms with E-state index in [4.69, 9.17) is 0 Å². The molecule has 0 radical (unpaired) electrons. The quantitative estimate of drug-likeness (QED) is 0.472. The third-order valence-corrected chi connectivity index (χ3v) is 8.57. The van der Waals surface area contributed by atoms with E-state index in [2.05, 4.69) is 72.2 Å². The minimum absolute atomic E-state index is 0.112. The molecule has 2 aliphatic rings.